The lowest BCUT2D eigenvalue weighted by Crippen LogP contribution is -2.29. The van der Waals surface area contributed by atoms with E-state index in [1.165, 1.54) is 29.2 Å². The number of aliphatic hydroxyl groups is 1. The molecule has 9 heteroatoms. The number of rotatable bonds is 4. The number of ketones is 1. The lowest BCUT2D eigenvalue weighted by molar-refractivity contribution is -0.132. The van der Waals surface area contributed by atoms with Gasteiger partial charge in [-0.25, -0.2) is 13.6 Å². The molecule has 3 aromatic carbocycles. The molecule has 1 atom stereocenters. The Balaban J connectivity index is 1.92. The predicted octanol–water partition coefficient (Wildman–Crippen LogP) is 4.03. The average Bonchev–Trinajstić information content (AvgIpc) is 3.04. The van der Waals surface area contributed by atoms with Crippen LogP contribution in [0.2, 0.25) is 0 Å². The standard InChI is InChI=1S/C24H19BrN2O5S/c1-14-5-7-15(8-6-14)22(28)20-21(16-3-2-4-17(25)13-16)27(24(30)23(20)29)18-9-11-19(12-10-18)33(26,31)32/h2-13,21,28H,1H3,(H2,26,31,32). The van der Waals surface area contributed by atoms with Crippen molar-refractivity contribution in [3.05, 3.63) is 99.5 Å². The molecule has 168 valence electrons. The van der Waals surface area contributed by atoms with Crippen LogP contribution in [0.25, 0.3) is 5.76 Å². The first kappa shape index (κ1) is 22.9. The number of hydrogen-bond acceptors (Lipinski definition) is 5. The van der Waals surface area contributed by atoms with E-state index in [-0.39, 0.29) is 21.9 Å². The summed E-state index contributed by atoms with van der Waals surface area (Å²) in [5.41, 5.74) is 2.20. The third-order valence-corrected chi connectivity index (χ3v) is 6.80. The Labute approximate surface area is 199 Å². The van der Waals surface area contributed by atoms with Crippen molar-refractivity contribution in [3.8, 4) is 0 Å². The number of Topliss-reactive ketones (excluding diaryl/α,β-unsaturated/α-hetero) is 1. The third-order valence-electron chi connectivity index (χ3n) is 5.38. The van der Waals surface area contributed by atoms with Gasteiger partial charge in [-0.3, -0.25) is 14.5 Å². The summed E-state index contributed by atoms with van der Waals surface area (Å²) in [4.78, 5) is 27.4. The van der Waals surface area contributed by atoms with Crippen molar-refractivity contribution in [2.24, 2.45) is 5.14 Å². The Morgan fingerprint density at radius 2 is 1.64 bits per heavy atom. The van der Waals surface area contributed by atoms with Crippen LogP contribution in [-0.2, 0) is 19.6 Å². The minimum absolute atomic E-state index is 0.0579. The van der Waals surface area contributed by atoms with E-state index in [9.17, 15) is 23.1 Å². The second-order valence-electron chi connectivity index (χ2n) is 7.63. The zero-order valence-electron chi connectivity index (χ0n) is 17.4. The molecule has 1 heterocycles. The van der Waals surface area contributed by atoms with Crippen LogP contribution < -0.4 is 10.0 Å². The number of anilines is 1. The fourth-order valence-corrected chi connectivity index (χ4v) is 4.69. The van der Waals surface area contributed by atoms with E-state index >= 15 is 0 Å². The van der Waals surface area contributed by atoms with Gasteiger partial charge < -0.3 is 5.11 Å². The summed E-state index contributed by atoms with van der Waals surface area (Å²) >= 11 is 3.41. The summed E-state index contributed by atoms with van der Waals surface area (Å²) in [5, 5.41) is 16.3. The first-order valence-corrected chi connectivity index (χ1v) is 12.2. The second kappa shape index (κ2) is 8.58. The van der Waals surface area contributed by atoms with E-state index in [0.717, 1.165) is 10.0 Å². The molecule has 0 spiro atoms. The summed E-state index contributed by atoms with van der Waals surface area (Å²) in [7, 11) is -3.93. The molecule has 1 saturated heterocycles. The molecule has 33 heavy (non-hydrogen) atoms. The molecule has 1 amide bonds. The van der Waals surface area contributed by atoms with Gasteiger partial charge >= 0.3 is 0 Å². The Hall–Kier alpha value is -3.27. The number of hydrogen-bond donors (Lipinski definition) is 2. The maximum atomic E-state index is 13.1. The number of carbonyl (C=O) groups is 2. The Morgan fingerprint density at radius 3 is 2.21 bits per heavy atom. The SMILES string of the molecule is Cc1ccc(C(O)=C2C(=O)C(=O)N(c3ccc(S(N)(=O)=O)cc3)C2c2cccc(Br)c2)cc1. The summed E-state index contributed by atoms with van der Waals surface area (Å²) in [6.07, 6.45) is 0. The fraction of sp³-hybridized carbons (Fsp3) is 0.0833. The smallest absolute Gasteiger partial charge is 0.300 e. The number of sulfonamides is 1. The van der Waals surface area contributed by atoms with Gasteiger partial charge in [0.2, 0.25) is 10.0 Å². The zero-order chi connectivity index (χ0) is 23.9. The third kappa shape index (κ3) is 4.35. The summed E-state index contributed by atoms with van der Waals surface area (Å²) in [6, 6.07) is 18.4. The Morgan fingerprint density at radius 1 is 1.00 bits per heavy atom. The van der Waals surface area contributed by atoms with Gasteiger partial charge in [0.1, 0.15) is 5.76 Å². The van der Waals surface area contributed by atoms with Gasteiger partial charge in [0.05, 0.1) is 16.5 Å². The van der Waals surface area contributed by atoms with E-state index < -0.39 is 27.8 Å². The molecule has 0 aromatic heterocycles. The van der Waals surface area contributed by atoms with Crippen molar-refractivity contribution in [1.82, 2.24) is 0 Å². The molecule has 3 aromatic rings. The molecule has 0 aliphatic carbocycles. The average molecular weight is 527 g/mol. The normalized spacial score (nSPS) is 18.0. The largest absolute Gasteiger partial charge is 0.507 e. The molecule has 3 N–H and O–H groups in total. The molecule has 7 nitrogen and oxygen atoms in total. The van der Waals surface area contributed by atoms with Crippen LogP contribution in [0.4, 0.5) is 5.69 Å². The number of nitrogens with zero attached hydrogens (tertiary/aromatic N) is 1. The molecule has 1 aliphatic rings. The van der Waals surface area contributed by atoms with Crippen molar-refractivity contribution in [3.63, 3.8) is 0 Å². The maximum Gasteiger partial charge on any atom is 0.300 e. The highest BCUT2D eigenvalue weighted by Gasteiger charge is 2.47. The van der Waals surface area contributed by atoms with Crippen molar-refractivity contribution in [1.29, 1.82) is 0 Å². The van der Waals surface area contributed by atoms with E-state index in [4.69, 9.17) is 5.14 Å². The molecule has 0 radical (unpaired) electrons. The number of amides is 1. The topological polar surface area (TPSA) is 118 Å². The van der Waals surface area contributed by atoms with E-state index in [2.05, 4.69) is 15.9 Å². The van der Waals surface area contributed by atoms with Crippen LogP contribution in [0.5, 0.6) is 0 Å². The highest BCUT2D eigenvalue weighted by atomic mass is 79.9. The number of primary sulfonamides is 1. The summed E-state index contributed by atoms with van der Waals surface area (Å²) in [5.74, 6) is -1.97. The van der Waals surface area contributed by atoms with Gasteiger partial charge in [-0.2, -0.15) is 0 Å². The number of halogens is 1. The van der Waals surface area contributed by atoms with Crippen LogP contribution >= 0.6 is 15.9 Å². The van der Waals surface area contributed by atoms with E-state index in [1.54, 1.807) is 48.5 Å². The predicted molar refractivity (Wildman–Crippen MR) is 128 cm³/mol. The van der Waals surface area contributed by atoms with Gasteiger partial charge in [0, 0.05) is 15.7 Å². The van der Waals surface area contributed by atoms with Gasteiger partial charge in [-0.05, 0) is 48.9 Å². The van der Waals surface area contributed by atoms with Crippen LogP contribution in [0, 0.1) is 6.92 Å². The minimum Gasteiger partial charge on any atom is -0.507 e. The van der Waals surface area contributed by atoms with Crippen molar-refractivity contribution >= 4 is 49.1 Å². The lowest BCUT2D eigenvalue weighted by atomic mass is 9.95. The minimum atomic E-state index is -3.93. The van der Waals surface area contributed by atoms with Crippen LogP contribution in [0.1, 0.15) is 22.7 Å². The molecule has 1 fully saturated rings. The molecule has 0 bridgehead atoms. The molecular formula is C24H19BrN2O5S. The van der Waals surface area contributed by atoms with Gasteiger partial charge in [0.25, 0.3) is 11.7 Å². The maximum absolute atomic E-state index is 13.1. The summed E-state index contributed by atoms with van der Waals surface area (Å²) < 4.78 is 24.0. The van der Waals surface area contributed by atoms with Crippen molar-refractivity contribution in [2.75, 3.05) is 4.90 Å². The Bertz CT molecular complexity index is 1400. The second-order valence-corrected chi connectivity index (χ2v) is 10.1. The Kier molecular flexibility index (Phi) is 5.96. The first-order valence-electron chi connectivity index (χ1n) is 9.84. The van der Waals surface area contributed by atoms with Crippen LogP contribution in [0.15, 0.2) is 87.7 Å². The van der Waals surface area contributed by atoms with Gasteiger partial charge in [-0.15, -0.1) is 0 Å². The van der Waals surface area contributed by atoms with Crippen LogP contribution in [0.3, 0.4) is 0 Å². The summed E-state index contributed by atoms with van der Waals surface area (Å²) in [6.45, 7) is 1.90. The van der Waals surface area contributed by atoms with Crippen molar-refractivity contribution < 1.29 is 23.1 Å². The van der Waals surface area contributed by atoms with Gasteiger partial charge in [-0.1, -0.05) is 57.9 Å². The molecule has 1 unspecified atom stereocenters. The number of carbonyl (C=O) groups excluding carboxylic acids is 2. The monoisotopic (exact) mass is 526 g/mol. The lowest BCUT2D eigenvalue weighted by Gasteiger charge is -2.25. The van der Waals surface area contributed by atoms with Crippen molar-refractivity contribution in [2.45, 2.75) is 17.9 Å². The number of benzene rings is 3. The number of aryl methyl sites for hydroxylation is 1. The molecule has 0 saturated carbocycles. The number of aliphatic hydroxyl groups excluding tert-OH is 1. The molecular weight excluding hydrogens is 508 g/mol. The van der Waals surface area contributed by atoms with Crippen LogP contribution in [-0.4, -0.2) is 25.2 Å². The molecule has 1 aliphatic heterocycles. The number of nitrogens with two attached hydrogens (primary N) is 1. The van der Waals surface area contributed by atoms with E-state index in [0.29, 0.717) is 11.1 Å². The highest BCUT2D eigenvalue weighted by Crippen LogP contribution is 2.42. The first-order chi connectivity index (χ1) is 15.6. The molecule has 4 rings (SSSR count). The van der Waals surface area contributed by atoms with Gasteiger partial charge in [0.15, 0.2) is 0 Å². The quantitative estimate of drug-likeness (QED) is 0.302. The van der Waals surface area contributed by atoms with E-state index in [1.807, 2.05) is 6.92 Å². The zero-order valence-corrected chi connectivity index (χ0v) is 19.8. The highest BCUT2D eigenvalue weighted by molar-refractivity contribution is 9.10. The fourth-order valence-electron chi connectivity index (χ4n) is 3.75.